The maximum Gasteiger partial charge on any atom is 0.194 e. The van der Waals surface area contributed by atoms with E-state index in [1.807, 2.05) is 23.5 Å². The van der Waals surface area contributed by atoms with Gasteiger partial charge in [0.05, 0.1) is 23.9 Å². The highest BCUT2D eigenvalue weighted by molar-refractivity contribution is 14.0. The molecule has 4 rings (SSSR count). The number of nitrogens with one attached hydrogen (secondary N) is 1. The smallest absolute Gasteiger partial charge is 0.194 e. The highest BCUT2D eigenvalue weighted by atomic mass is 127. The molecule has 1 atom stereocenters. The third-order valence-corrected chi connectivity index (χ3v) is 6.03. The summed E-state index contributed by atoms with van der Waals surface area (Å²) in [5.74, 6) is 2.01. The molecule has 28 heavy (non-hydrogen) atoms. The Bertz CT molecular complexity index is 694. The average Bonchev–Trinajstić information content (AvgIpc) is 3.48. The van der Waals surface area contributed by atoms with Gasteiger partial charge >= 0.3 is 0 Å². The molecule has 2 saturated heterocycles. The summed E-state index contributed by atoms with van der Waals surface area (Å²) in [6, 6.07) is 8.28. The zero-order chi connectivity index (χ0) is 18.3. The van der Waals surface area contributed by atoms with Gasteiger partial charge in [0, 0.05) is 45.8 Å². The lowest BCUT2D eigenvalue weighted by atomic mass is 10.2. The van der Waals surface area contributed by atoms with E-state index in [4.69, 9.17) is 14.1 Å². The lowest BCUT2D eigenvalue weighted by Crippen LogP contribution is -2.53. The molecule has 0 aliphatic carbocycles. The molecule has 2 aliphatic heterocycles. The number of ether oxygens (including phenoxy) is 1. The van der Waals surface area contributed by atoms with Crippen LogP contribution in [0.4, 0.5) is 5.00 Å². The Balaban J connectivity index is 0.00000225. The van der Waals surface area contributed by atoms with Gasteiger partial charge in [-0.2, -0.15) is 0 Å². The summed E-state index contributed by atoms with van der Waals surface area (Å²) in [5.41, 5.74) is 0. The highest BCUT2D eigenvalue weighted by Gasteiger charge is 2.21. The number of anilines is 1. The second kappa shape index (κ2) is 11.1. The van der Waals surface area contributed by atoms with Gasteiger partial charge in [-0.25, -0.2) is 0 Å². The molecule has 0 spiro atoms. The molecule has 2 fully saturated rings. The SMILES string of the molecule is I.c1coc(CCNC(=NCC2CCCO2)N2CCN(c3cccs3)CC2)c1. The second-order valence-electron chi connectivity index (χ2n) is 6.98. The summed E-state index contributed by atoms with van der Waals surface area (Å²) in [6.45, 7) is 6.46. The Morgan fingerprint density at radius 1 is 1.21 bits per heavy atom. The van der Waals surface area contributed by atoms with E-state index in [0.717, 1.165) is 76.9 Å². The van der Waals surface area contributed by atoms with Gasteiger partial charge in [-0.3, -0.25) is 4.99 Å². The van der Waals surface area contributed by atoms with Crippen molar-refractivity contribution in [3.05, 3.63) is 41.7 Å². The van der Waals surface area contributed by atoms with E-state index in [0.29, 0.717) is 0 Å². The van der Waals surface area contributed by atoms with Crippen LogP contribution in [0.2, 0.25) is 0 Å². The van der Waals surface area contributed by atoms with Crippen LogP contribution in [0.15, 0.2) is 45.3 Å². The van der Waals surface area contributed by atoms with Crippen LogP contribution in [-0.2, 0) is 11.2 Å². The maximum absolute atomic E-state index is 5.74. The van der Waals surface area contributed by atoms with Crippen molar-refractivity contribution in [3.8, 4) is 0 Å². The third-order valence-electron chi connectivity index (χ3n) is 5.10. The molecule has 2 aromatic heterocycles. The van der Waals surface area contributed by atoms with E-state index in [9.17, 15) is 0 Å². The molecule has 0 bridgehead atoms. The predicted octanol–water partition coefficient (Wildman–Crippen LogP) is 3.45. The highest BCUT2D eigenvalue weighted by Crippen LogP contribution is 2.22. The molecule has 6 nitrogen and oxygen atoms in total. The number of piperazine rings is 1. The minimum absolute atomic E-state index is 0. The van der Waals surface area contributed by atoms with E-state index in [2.05, 4.69) is 32.6 Å². The fraction of sp³-hybridized carbons (Fsp3) is 0.550. The number of hydrogen-bond donors (Lipinski definition) is 1. The number of thiophene rings is 1. The van der Waals surface area contributed by atoms with E-state index in [1.165, 1.54) is 5.00 Å². The Morgan fingerprint density at radius 3 is 2.79 bits per heavy atom. The molecular formula is C20H29IN4O2S. The number of nitrogens with zero attached hydrogens (tertiary/aromatic N) is 3. The van der Waals surface area contributed by atoms with Crippen molar-refractivity contribution >= 4 is 46.3 Å². The van der Waals surface area contributed by atoms with Crippen LogP contribution in [0.1, 0.15) is 18.6 Å². The van der Waals surface area contributed by atoms with E-state index in [1.54, 1.807) is 6.26 Å². The zero-order valence-electron chi connectivity index (χ0n) is 16.1. The lowest BCUT2D eigenvalue weighted by Gasteiger charge is -2.37. The van der Waals surface area contributed by atoms with Crippen molar-refractivity contribution in [3.63, 3.8) is 0 Å². The number of guanidine groups is 1. The van der Waals surface area contributed by atoms with Gasteiger partial charge in [0.1, 0.15) is 5.76 Å². The van der Waals surface area contributed by atoms with Gasteiger partial charge < -0.3 is 24.3 Å². The second-order valence-corrected chi connectivity index (χ2v) is 7.91. The van der Waals surface area contributed by atoms with Crippen LogP contribution < -0.4 is 10.2 Å². The van der Waals surface area contributed by atoms with Crippen molar-refractivity contribution in [1.29, 1.82) is 0 Å². The van der Waals surface area contributed by atoms with E-state index >= 15 is 0 Å². The first-order valence-corrected chi connectivity index (χ1v) is 10.7. The maximum atomic E-state index is 5.74. The number of furan rings is 1. The lowest BCUT2D eigenvalue weighted by molar-refractivity contribution is 0.117. The van der Waals surface area contributed by atoms with E-state index in [-0.39, 0.29) is 30.1 Å². The van der Waals surface area contributed by atoms with Crippen molar-refractivity contribution in [2.75, 3.05) is 50.8 Å². The molecule has 2 aliphatic rings. The van der Waals surface area contributed by atoms with Gasteiger partial charge in [0.15, 0.2) is 5.96 Å². The summed E-state index contributed by atoms with van der Waals surface area (Å²) in [4.78, 5) is 9.73. The van der Waals surface area contributed by atoms with E-state index < -0.39 is 0 Å². The van der Waals surface area contributed by atoms with Gasteiger partial charge in [-0.15, -0.1) is 35.3 Å². The monoisotopic (exact) mass is 516 g/mol. The Kier molecular flexibility index (Phi) is 8.47. The molecular weight excluding hydrogens is 487 g/mol. The van der Waals surface area contributed by atoms with Gasteiger partial charge in [-0.05, 0) is 42.5 Å². The van der Waals surface area contributed by atoms with Gasteiger partial charge in [0.2, 0.25) is 0 Å². The summed E-state index contributed by atoms with van der Waals surface area (Å²) < 4.78 is 11.2. The number of rotatable bonds is 6. The Labute approximate surface area is 188 Å². The van der Waals surface area contributed by atoms with Crippen LogP contribution in [-0.4, -0.2) is 62.8 Å². The molecule has 0 aromatic carbocycles. The fourth-order valence-corrected chi connectivity index (χ4v) is 4.37. The largest absolute Gasteiger partial charge is 0.469 e. The molecule has 0 radical (unpaired) electrons. The van der Waals surface area contributed by atoms with Crippen LogP contribution in [0.3, 0.4) is 0 Å². The molecule has 0 saturated carbocycles. The number of hydrogen-bond acceptors (Lipinski definition) is 5. The van der Waals surface area contributed by atoms with Crippen LogP contribution in [0, 0.1) is 0 Å². The fourth-order valence-electron chi connectivity index (χ4n) is 3.59. The first-order valence-electron chi connectivity index (χ1n) is 9.84. The van der Waals surface area contributed by atoms with Crippen LogP contribution >= 0.6 is 35.3 Å². The van der Waals surface area contributed by atoms with Crippen molar-refractivity contribution in [2.45, 2.75) is 25.4 Å². The molecule has 154 valence electrons. The minimum atomic E-state index is 0. The van der Waals surface area contributed by atoms with Crippen LogP contribution in [0.25, 0.3) is 0 Å². The Morgan fingerprint density at radius 2 is 2.11 bits per heavy atom. The average molecular weight is 516 g/mol. The first kappa shape index (κ1) is 21.4. The standard InChI is InChI=1S/C20H28N4O2S.HI/c1-4-17(25-13-1)7-8-21-20(22-16-18-5-2-14-26-18)24-11-9-23(10-12-24)19-6-3-15-27-19;/h1,3-4,6,13,15,18H,2,5,7-12,14,16H2,(H,21,22);1H. The van der Waals surface area contributed by atoms with Crippen molar-refractivity contribution in [2.24, 2.45) is 4.99 Å². The summed E-state index contributed by atoms with van der Waals surface area (Å²) in [7, 11) is 0. The van der Waals surface area contributed by atoms with Gasteiger partial charge in [0.25, 0.3) is 0 Å². The summed E-state index contributed by atoms with van der Waals surface area (Å²) >= 11 is 1.81. The molecule has 4 heterocycles. The van der Waals surface area contributed by atoms with Gasteiger partial charge in [-0.1, -0.05) is 0 Å². The Hall–Kier alpha value is -1.26. The molecule has 1 unspecified atom stereocenters. The molecule has 0 amide bonds. The van der Waals surface area contributed by atoms with Crippen LogP contribution in [0.5, 0.6) is 0 Å². The molecule has 1 N–H and O–H groups in total. The number of aliphatic imine (C=N–C) groups is 1. The van der Waals surface area contributed by atoms with Crippen molar-refractivity contribution < 1.29 is 9.15 Å². The third kappa shape index (κ3) is 5.87. The molecule has 8 heteroatoms. The first-order chi connectivity index (χ1) is 13.4. The minimum Gasteiger partial charge on any atom is -0.469 e. The normalized spacial score (nSPS) is 20.3. The topological polar surface area (TPSA) is 53.2 Å². The quantitative estimate of drug-likeness (QED) is 0.362. The zero-order valence-corrected chi connectivity index (χ0v) is 19.2. The molecule has 2 aromatic rings. The summed E-state index contributed by atoms with van der Waals surface area (Å²) in [5, 5.41) is 7.05. The predicted molar refractivity (Wildman–Crippen MR) is 125 cm³/mol. The number of halogens is 1. The summed E-state index contributed by atoms with van der Waals surface area (Å²) in [6.07, 6.45) is 5.14. The van der Waals surface area contributed by atoms with Crippen molar-refractivity contribution in [1.82, 2.24) is 10.2 Å².